The second kappa shape index (κ2) is 3.88. The number of hydrogen-bond acceptors (Lipinski definition) is 3. The van der Waals surface area contributed by atoms with Crippen LogP contribution in [0.4, 0.5) is 0 Å². The fraction of sp³-hybridized carbons (Fsp3) is 0.455. The molecule has 3 heteroatoms. The number of rotatable bonds is 3. The SMILES string of the molecule is [2H]C1([2H])Oc2ccc(CC(NC)C([2H])([2H])[2H])cc2O1. The van der Waals surface area contributed by atoms with Gasteiger partial charge in [-0.05, 0) is 38.0 Å². The number of hydrogen-bond donors (Lipinski definition) is 1. The highest BCUT2D eigenvalue weighted by Gasteiger charge is 2.13. The van der Waals surface area contributed by atoms with Gasteiger partial charge in [0.25, 0.3) is 0 Å². The van der Waals surface area contributed by atoms with E-state index < -0.39 is 19.6 Å². The first-order valence-electron chi connectivity index (χ1n) is 6.89. The van der Waals surface area contributed by atoms with Crippen molar-refractivity contribution < 1.29 is 16.3 Å². The molecule has 14 heavy (non-hydrogen) atoms. The molecule has 0 aliphatic carbocycles. The third-order valence-corrected chi connectivity index (χ3v) is 2.10. The Morgan fingerprint density at radius 2 is 2.43 bits per heavy atom. The Morgan fingerprint density at radius 3 is 3.21 bits per heavy atom. The van der Waals surface area contributed by atoms with Gasteiger partial charge in [0.1, 0.15) is 2.74 Å². The van der Waals surface area contributed by atoms with E-state index in [1.54, 1.807) is 25.2 Å². The van der Waals surface area contributed by atoms with Crippen molar-refractivity contribution in [1.82, 2.24) is 5.32 Å². The molecule has 1 aliphatic heterocycles. The second-order valence-electron chi connectivity index (χ2n) is 3.11. The van der Waals surface area contributed by atoms with E-state index in [1.807, 2.05) is 0 Å². The number of fused-ring (bicyclic) bond motifs is 1. The highest BCUT2D eigenvalue weighted by Crippen LogP contribution is 2.32. The molecule has 0 bridgehead atoms. The first kappa shape index (κ1) is 5.03. The van der Waals surface area contributed by atoms with Crippen LogP contribution < -0.4 is 14.8 Å². The van der Waals surface area contributed by atoms with Crippen LogP contribution >= 0.6 is 0 Å². The average molecular weight is 198 g/mol. The van der Waals surface area contributed by atoms with Gasteiger partial charge >= 0.3 is 0 Å². The summed E-state index contributed by atoms with van der Waals surface area (Å²) in [6.07, 6.45) is 0.298. The Morgan fingerprint density at radius 1 is 1.57 bits per heavy atom. The van der Waals surface area contributed by atoms with E-state index in [4.69, 9.17) is 16.3 Å². The van der Waals surface area contributed by atoms with Crippen LogP contribution in [0.3, 0.4) is 0 Å². The zero-order chi connectivity index (χ0) is 14.3. The molecule has 1 atom stereocenters. The minimum absolute atomic E-state index is 0.294. The average Bonchev–Trinajstić information content (AvgIpc) is 2.57. The fourth-order valence-corrected chi connectivity index (χ4v) is 1.29. The summed E-state index contributed by atoms with van der Waals surface area (Å²) < 4.78 is 46.8. The maximum Gasteiger partial charge on any atom is 0.231 e. The maximum atomic E-state index is 7.41. The smallest absolute Gasteiger partial charge is 0.231 e. The largest absolute Gasteiger partial charge is 0.454 e. The molecule has 0 radical (unpaired) electrons. The van der Waals surface area contributed by atoms with Crippen molar-refractivity contribution in [3.05, 3.63) is 23.8 Å². The van der Waals surface area contributed by atoms with Gasteiger partial charge in [0.05, 0.1) is 0 Å². The number of benzene rings is 1. The van der Waals surface area contributed by atoms with Crippen molar-refractivity contribution in [3.63, 3.8) is 0 Å². The number of ether oxygens (including phenoxy) is 2. The molecule has 1 aromatic carbocycles. The minimum Gasteiger partial charge on any atom is -0.454 e. The molecule has 1 aliphatic rings. The van der Waals surface area contributed by atoms with Crippen molar-refractivity contribution >= 4 is 0 Å². The third kappa shape index (κ3) is 1.82. The lowest BCUT2D eigenvalue weighted by atomic mass is 10.1. The quantitative estimate of drug-likeness (QED) is 0.799. The molecule has 3 nitrogen and oxygen atoms in total. The summed E-state index contributed by atoms with van der Waals surface area (Å²) in [6.45, 7) is -4.26. The van der Waals surface area contributed by atoms with E-state index in [9.17, 15) is 0 Å². The lowest BCUT2D eigenvalue weighted by Crippen LogP contribution is -2.23. The Labute approximate surface area is 91.1 Å². The van der Waals surface area contributed by atoms with Crippen LogP contribution in [-0.2, 0) is 6.42 Å². The predicted octanol–water partition coefficient (Wildman–Crippen LogP) is 1.57. The van der Waals surface area contributed by atoms with Gasteiger partial charge < -0.3 is 14.8 Å². The van der Waals surface area contributed by atoms with Crippen LogP contribution in [-0.4, -0.2) is 19.8 Å². The van der Waals surface area contributed by atoms with Crippen LogP contribution in [0.15, 0.2) is 18.2 Å². The molecule has 76 valence electrons. The van der Waals surface area contributed by atoms with Crippen LogP contribution in [0.1, 0.15) is 19.3 Å². The topological polar surface area (TPSA) is 30.5 Å². The van der Waals surface area contributed by atoms with Gasteiger partial charge in [-0.1, -0.05) is 6.07 Å². The molecular weight excluding hydrogens is 178 g/mol. The Bertz CT molecular complexity index is 475. The summed E-state index contributed by atoms with van der Waals surface area (Å²) >= 11 is 0. The second-order valence-corrected chi connectivity index (χ2v) is 3.11. The zero-order valence-corrected chi connectivity index (χ0v) is 7.83. The lowest BCUT2D eigenvalue weighted by Gasteiger charge is -2.09. The van der Waals surface area contributed by atoms with E-state index in [1.165, 1.54) is 0 Å². The molecule has 0 amide bonds. The van der Waals surface area contributed by atoms with Gasteiger partial charge in [-0.3, -0.25) is 0 Å². The molecule has 1 N–H and O–H groups in total. The molecule has 0 fully saturated rings. The monoisotopic (exact) mass is 198 g/mol. The predicted molar refractivity (Wildman–Crippen MR) is 54.8 cm³/mol. The van der Waals surface area contributed by atoms with E-state index in [0.29, 0.717) is 17.9 Å². The summed E-state index contributed by atoms with van der Waals surface area (Å²) in [5, 5.41) is 2.77. The van der Waals surface area contributed by atoms with Gasteiger partial charge in [-0.15, -0.1) is 0 Å². The molecule has 0 spiro atoms. The first-order valence-corrected chi connectivity index (χ1v) is 4.39. The van der Waals surface area contributed by atoms with Crippen LogP contribution in [0.25, 0.3) is 0 Å². The number of nitrogens with one attached hydrogen (secondary N) is 1. The zero-order valence-electron chi connectivity index (χ0n) is 12.8. The fourth-order valence-electron chi connectivity index (χ4n) is 1.29. The van der Waals surface area contributed by atoms with Crippen molar-refractivity contribution in [2.24, 2.45) is 0 Å². The van der Waals surface area contributed by atoms with Gasteiger partial charge in [0.2, 0.25) is 6.75 Å². The molecule has 0 saturated heterocycles. The summed E-state index contributed by atoms with van der Waals surface area (Å²) in [6, 6.07) is 4.24. The van der Waals surface area contributed by atoms with Crippen LogP contribution in [0.5, 0.6) is 11.5 Å². The molecule has 2 rings (SSSR count). The standard InChI is InChI=1S/C11H15NO2/c1-8(12-2)5-9-3-4-10-11(6-9)14-7-13-10/h3-4,6,8,12H,5,7H2,1-2H3/i1D3,7D2. The van der Waals surface area contributed by atoms with Crippen LogP contribution in [0.2, 0.25) is 0 Å². The molecule has 0 aromatic heterocycles. The van der Waals surface area contributed by atoms with Gasteiger partial charge in [-0.2, -0.15) is 0 Å². The van der Waals surface area contributed by atoms with Gasteiger partial charge in [-0.25, -0.2) is 0 Å². The van der Waals surface area contributed by atoms with E-state index in [2.05, 4.69) is 5.32 Å². The Kier molecular flexibility index (Phi) is 1.39. The number of likely N-dealkylation sites (N-methyl/N-ethyl adjacent to an activating group) is 1. The Hall–Kier alpha value is -1.22. The molecular formula is C11H15NO2. The molecule has 1 unspecified atom stereocenters. The highest BCUT2D eigenvalue weighted by molar-refractivity contribution is 5.44. The van der Waals surface area contributed by atoms with Crippen LogP contribution in [0, 0.1) is 0 Å². The summed E-state index contributed by atoms with van der Waals surface area (Å²) in [4.78, 5) is 0. The highest BCUT2D eigenvalue weighted by atomic mass is 16.7. The van der Waals surface area contributed by atoms with E-state index in [0.717, 1.165) is 5.56 Å². The molecule has 0 saturated carbocycles. The minimum atomic E-state index is -2.16. The summed E-state index contributed by atoms with van der Waals surface area (Å²) in [5.41, 5.74) is 0.746. The van der Waals surface area contributed by atoms with Crippen molar-refractivity contribution in [2.75, 3.05) is 13.8 Å². The summed E-state index contributed by atoms with van der Waals surface area (Å²) in [7, 11) is 1.60. The lowest BCUT2D eigenvalue weighted by molar-refractivity contribution is 0.174. The van der Waals surface area contributed by atoms with Crippen molar-refractivity contribution in [3.8, 4) is 11.5 Å². The van der Waals surface area contributed by atoms with E-state index >= 15 is 0 Å². The third-order valence-electron chi connectivity index (χ3n) is 2.10. The molecule has 1 aromatic rings. The summed E-state index contributed by atoms with van der Waals surface area (Å²) in [5.74, 6) is 0.617. The van der Waals surface area contributed by atoms with Gasteiger partial charge in [0.15, 0.2) is 11.5 Å². The van der Waals surface area contributed by atoms with Crippen molar-refractivity contribution in [1.29, 1.82) is 0 Å². The maximum absolute atomic E-state index is 7.41. The normalized spacial score (nSPS) is 25.4. The van der Waals surface area contributed by atoms with Gasteiger partial charge in [0, 0.05) is 10.2 Å². The van der Waals surface area contributed by atoms with E-state index in [-0.39, 0.29) is 0 Å². The van der Waals surface area contributed by atoms with Crippen molar-refractivity contribution in [2.45, 2.75) is 19.3 Å². The first-order chi connectivity index (χ1) is 8.71. The Balaban J connectivity index is 2.16. The molecule has 1 heterocycles.